The van der Waals surface area contributed by atoms with Crippen LogP contribution in [0.15, 0.2) is 58.3 Å². The number of carbonyl (C=O) groups excluding carboxylic acids is 1. The number of hydrogen-bond acceptors (Lipinski definition) is 8. The second-order valence-electron chi connectivity index (χ2n) is 6.59. The lowest BCUT2D eigenvalue weighted by molar-refractivity contribution is -0.385. The summed E-state index contributed by atoms with van der Waals surface area (Å²) in [6.07, 6.45) is 2.43. The highest BCUT2D eigenvalue weighted by Gasteiger charge is 2.11. The van der Waals surface area contributed by atoms with Gasteiger partial charge in [0.1, 0.15) is 30.5 Å². The first-order valence-electron chi connectivity index (χ1n) is 9.37. The summed E-state index contributed by atoms with van der Waals surface area (Å²) < 4.78 is 12.0. The Morgan fingerprint density at radius 2 is 2.03 bits per heavy atom. The molecule has 0 bridgehead atoms. The second kappa shape index (κ2) is 10.0. The van der Waals surface area contributed by atoms with E-state index in [1.54, 1.807) is 31.2 Å². The van der Waals surface area contributed by atoms with Gasteiger partial charge in [0.05, 0.1) is 17.2 Å². The van der Waals surface area contributed by atoms with Crippen molar-refractivity contribution in [3.63, 3.8) is 0 Å². The maximum Gasteiger partial charge on any atom is 0.371 e. The number of furan rings is 1. The average Bonchev–Trinajstić information content (AvgIpc) is 3.45. The van der Waals surface area contributed by atoms with E-state index in [1.807, 2.05) is 0 Å². The minimum atomic E-state index is -1.15. The molecule has 3 rings (SSSR count). The highest BCUT2D eigenvalue weighted by atomic mass is 16.6. The van der Waals surface area contributed by atoms with E-state index in [4.69, 9.17) is 14.3 Å². The number of rotatable bonds is 10. The van der Waals surface area contributed by atoms with Crippen LogP contribution >= 0.6 is 0 Å². The molecule has 12 nitrogen and oxygen atoms in total. The number of carboxylic acids is 1. The van der Waals surface area contributed by atoms with E-state index >= 15 is 0 Å². The van der Waals surface area contributed by atoms with Crippen LogP contribution in [-0.2, 0) is 17.9 Å². The Kier molecular flexibility index (Phi) is 6.95. The average molecular weight is 441 g/mol. The zero-order chi connectivity index (χ0) is 23.1. The Labute approximate surface area is 181 Å². The lowest BCUT2D eigenvalue weighted by Gasteiger charge is -2.06. The van der Waals surface area contributed by atoms with Gasteiger partial charge in [0, 0.05) is 6.42 Å². The third-order valence-corrected chi connectivity index (χ3v) is 4.27. The van der Waals surface area contributed by atoms with Crippen molar-refractivity contribution < 1.29 is 28.8 Å². The quantitative estimate of drug-likeness (QED) is 0.275. The number of amides is 1. The number of carboxylic acid groups (broad SMARTS) is 1. The molecule has 1 amide bonds. The molecule has 32 heavy (non-hydrogen) atoms. The van der Waals surface area contributed by atoms with Crippen molar-refractivity contribution in [2.45, 2.75) is 26.5 Å². The number of aromatic carboxylic acids is 1. The smallest absolute Gasteiger partial charge is 0.371 e. The summed E-state index contributed by atoms with van der Waals surface area (Å²) in [5, 5.41) is 27.4. The third kappa shape index (κ3) is 6.01. The van der Waals surface area contributed by atoms with Crippen LogP contribution in [0.5, 0.6) is 5.75 Å². The molecule has 12 heteroatoms. The maximum absolute atomic E-state index is 12.0. The van der Waals surface area contributed by atoms with E-state index in [2.05, 4.69) is 15.6 Å². The van der Waals surface area contributed by atoms with Crippen molar-refractivity contribution in [3.05, 3.63) is 76.0 Å². The number of aryl methyl sites for hydroxylation is 1. The van der Waals surface area contributed by atoms with Crippen molar-refractivity contribution >= 4 is 23.3 Å². The zero-order valence-electron chi connectivity index (χ0n) is 16.9. The topological polar surface area (TPSA) is 162 Å². The van der Waals surface area contributed by atoms with Crippen LogP contribution in [0, 0.1) is 10.1 Å². The van der Waals surface area contributed by atoms with Gasteiger partial charge in [0.15, 0.2) is 0 Å². The van der Waals surface area contributed by atoms with Crippen molar-refractivity contribution in [2.75, 3.05) is 0 Å². The van der Waals surface area contributed by atoms with Crippen LogP contribution in [0.3, 0.4) is 0 Å². The van der Waals surface area contributed by atoms with Crippen LogP contribution in [0.2, 0.25) is 0 Å². The molecule has 3 aromatic rings. The molecule has 2 N–H and O–H groups in total. The lowest BCUT2D eigenvalue weighted by atomic mass is 10.1. The van der Waals surface area contributed by atoms with Gasteiger partial charge in [-0.05, 0) is 48.9 Å². The highest BCUT2D eigenvalue weighted by Crippen LogP contribution is 2.16. The molecule has 0 saturated heterocycles. The number of nitro groups is 1. The third-order valence-electron chi connectivity index (χ3n) is 4.27. The maximum atomic E-state index is 12.0. The molecule has 0 aliphatic carbocycles. The largest absolute Gasteiger partial charge is 0.486 e. The predicted octanol–water partition coefficient (Wildman–Crippen LogP) is 2.59. The Morgan fingerprint density at radius 1 is 1.28 bits per heavy atom. The molecule has 0 unspecified atom stereocenters. The first kappa shape index (κ1) is 22.2. The van der Waals surface area contributed by atoms with Gasteiger partial charge in [-0.1, -0.05) is 0 Å². The predicted molar refractivity (Wildman–Crippen MR) is 110 cm³/mol. The van der Waals surface area contributed by atoms with Gasteiger partial charge in [0.25, 0.3) is 0 Å². The molecule has 0 saturated carbocycles. The summed E-state index contributed by atoms with van der Waals surface area (Å²) in [5.74, 6) is -0.725. The van der Waals surface area contributed by atoms with Crippen LogP contribution in [0.1, 0.15) is 35.2 Å². The summed E-state index contributed by atoms with van der Waals surface area (Å²) in [4.78, 5) is 32.8. The first-order chi connectivity index (χ1) is 15.3. The molecule has 0 spiro atoms. The van der Waals surface area contributed by atoms with E-state index in [1.165, 1.54) is 23.0 Å². The molecule has 166 valence electrons. The van der Waals surface area contributed by atoms with Crippen LogP contribution < -0.4 is 10.2 Å². The summed E-state index contributed by atoms with van der Waals surface area (Å²) in [5.41, 5.74) is 3.62. The number of carbonyl (C=O) groups is 2. The number of hydrogen-bond donors (Lipinski definition) is 2. The van der Waals surface area contributed by atoms with Crippen molar-refractivity contribution in [3.8, 4) is 5.75 Å². The van der Waals surface area contributed by atoms with Gasteiger partial charge >= 0.3 is 11.7 Å². The lowest BCUT2D eigenvalue weighted by Crippen LogP contribution is -2.20. The van der Waals surface area contributed by atoms with E-state index in [0.29, 0.717) is 17.2 Å². The summed E-state index contributed by atoms with van der Waals surface area (Å²) in [6, 6.07) is 9.83. The van der Waals surface area contributed by atoms with Crippen molar-refractivity contribution in [1.29, 1.82) is 0 Å². The molecule has 0 atom stereocenters. The number of hydrazone groups is 1. The molecular weight excluding hydrogens is 422 g/mol. The fourth-order valence-electron chi connectivity index (χ4n) is 2.57. The fraction of sp³-hybridized carbons (Fsp3) is 0.200. The van der Waals surface area contributed by atoms with E-state index in [9.17, 15) is 19.7 Å². The molecule has 0 aliphatic heterocycles. The molecule has 2 heterocycles. The zero-order valence-corrected chi connectivity index (χ0v) is 16.9. The molecule has 0 radical (unpaired) electrons. The van der Waals surface area contributed by atoms with Gasteiger partial charge < -0.3 is 14.3 Å². The Morgan fingerprint density at radius 3 is 2.66 bits per heavy atom. The van der Waals surface area contributed by atoms with Gasteiger partial charge in [0.2, 0.25) is 11.7 Å². The van der Waals surface area contributed by atoms with Gasteiger partial charge in [-0.25, -0.2) is 10.2 Å². The summed E-state index contributed by atoms with van der Waals surface area (Å²) in [7, 11) is 0. The van der Waals surface area contributed by atoms with E-state index < -0.39 is 10.9 Å². The first-order valence-corrected chi connectivity index (χ1v) is 9.37. The molecule has 2 aromatic heterocycles. The summed E-state index contributed by atoms with van der Waals surface area (Å²) >= 11 is 0. The number of ether oxygens (including phenoxy) is 1. The number of benzene rings is 1. The SMILES string of the molecule is C/C(=N\NC(=O)CCn1cc([N+](=O)[O-])cn1)c1ccc(OCc2ccc(C(=O)O)o2)cc1. The monoisotopic (exact) mass is 441 g/mol. The fourth-order valence-corrected chi connectivity index (χ4v) is 2.57. The minimum Gasteiger partial charge on any atom is -0.486 e. The number of nitrogens with one attached hydrogen (secondary N) is 1. The van der Waals surface area contributed by atoms with Gasteiger partial charge in [-0.3, -0.25) is 19.6 Å². The van der Waals surface area contributed by atoms with Crippen LogP contribution in [0.4, 0.5) is 5.69 Å². The van der Waals surface area contributed by atoms with Crippen LogP contribution in [0.25, 0.3) is 0 Å². The molecule has 0 fully saturated rings. The Bertz CT molecular complexity index is 1150. The number of aromatic nitrogens is 2. The molecule has 1 aromatic carbocycles. The Hall–Kier alpha value is -4.48. The highest BCUT2D eigenvalue weighted by molar-refractivity contribution is 5.99. The normalized spacial score (nSPS) is 11.2. The van der Waals surface area contributed by atoms with E-state index in [-0.39, 0.29) is 36.9 Å². The van der Waals surface area contributed by atoms with E-state index in [0.717, 1.165) is 11.8 Å². The van der Waals surface area contributed by atoms with Crippen molar-refractivity contribution in [1.82, 2.24) is 15.2 Å². The molecule has 0 aliphatic rings. The van der Waals surface area contributed by atoms with Gasteiger partial charge in [-0.2, -0.15) is 10.2 Å². The van der Waals surface area contributed by atoms with Crippen molar-refractivity contribution in [2.24, 2.45) is 5.10 Å². The minimum absolute atomic E-state index is 0.0543. The number of nitrogens with zero attached hydrogens (tertiary/aromatic N) is 4. The second-order valence-corrected chi connectivity index (χ2v) is 6.59. The summed E-state index contributed by atoms with van der Waals surface area (Å²) in [6.45, 7) is 1.99. The van der Waals surface area contributed by atoms with Gasteiger partial charge in [-0.15, -0.1) is 0 Å². The standard InChI is InChI=1S/C20H19N5O7/c1-13(22-23-19(26)8-9-24-11-15(10-21-24)25(29)30)14-2-4-16(5-3-14)31-12-17-6-7-18(32-17)20(27)28/h2-7,10-11H,8-9,12H2,1H3,(H,23,26)(H,27,28)/b22-13+. The molecular formula is C20H19N5O7. The van der Waals surface area contributed by atoms with Crippen LogP contribution in [-0.4, -0.2) is 37.4 Å². The Balaban J connectivity index is 1.47.